The summed E-state index contributed by atoms with van der Waals surface area (Å²) in [5.74, 6) is 5.73. The van der Waals surface area contributed by atoms with Gasteiger partial charge in [0.1, 0.15) is 0 Å². The van der Waals surface area contributed by atoms with Gasteiger partial charge in [0.05, 0.1) is 17.9 Å². The molecule has 0 saturated carbocycles. The number of nitrogens with zero attached hydrogens (tertiary/aromatic N) is 2. The van der Waals surface area contributed by atoms with Crippen molar-refractivity contribution in [3.63, 3.8) is 0 Å². The van der Waals surface area contributed by atoms with E-state index in [1.807, 2.05) is 47.4 Å². The van der Waals surface area contributed by atoms with Crippen molar-refractivity contribution < 1.29 is 0 Å². The number of aromatic nitrogens is 2. The molecular formula is C15H16N4S. The molecule has 3 N–H and O–H groups in total. The van der Waals surface area contributed by atoms with Crippen molar-refractivity contribution in [2.45, 2.75) is 13.0 Å². The van der Waals surface area contributed by atoms with Crippen molar-refractivity contribution in [3.8, 4) is 5.69 Å². The Labute approximate surface area is 121 Å². The van der Waals surface area contributed by atoms with Gasteiger partial charge in [-0.25, -0.2) is 10.1 Å². The number of rotatable bonds is 4. The van der Waals surface area contributed by atoms with Crippen LogP contribution >= 0.6 is 11.3 Å². The Morgan fingerprint density at radius 1 is 1.25 bits per heavy atom. The number of nitrogens with two attached hydrogens (primary N) is 1. The Kier molecular flexibility index (Phi) is 3.64. The lowest BCUT2D eigenvalue weighted by molar-refractivity contribution is 0.643. The largest absolute Gasteiger partial charge is 0.271 e. The molecule has 0 radical (unpaired) electrons. The van der Waals surface area contributed by atoms with E-state index >= 15 is 0 Å². The van der Waals surface area contributed by atoms with Gasteiger partial charge in [-0.2, -0.15) is 5.10 Å². The van der Waals surface area contributed by atoms with Gasteiger partial charge in [-0.3, -0.25) is 5.84 Å². The van der Waals surface area contributed by atoms with Crippen molar-refractivity contribution in [3.05, 3.63) is 70.2 Å². The molecule has 0 saturated heterocycles. The van der Waals surface area contributed by atoms with Gasteiger partial charge in [0.25, 0.3) is 0 Å². The van der Waals surface area contributed by atoms with Gasteiger partial charge >= 0.3 is 0 Å². The van der Waals surface area contributed by atoms with Gasteiger partial charge in [-0.15, -0.1) is 11.3 Å². The molecule has 1 unspecified atom stereocenters. The number of hydrogen-bond donors (Lipinski definition) is 2. The molecule has 0 aliphatic rings. The quantitative estimate of drug-likeness (QED) is 0.572. The maximum Gasteiger partial charge on any atom is 0.0835 e. The van der Waals surface area contributed by atoms with E-state index in [0.717, 1.165) is 11.3 Å². The number of benzene rings is 1. The minimum Gasteiger partial charge on any atom is -0.271 e. The summed E-state index contributed by atoms with van der Waals surface area (Å²) in [6.07, 6.45) is 3.87. The maximum absolute atomic E-state index is 5.73. The molecule has 0 bridgehead atoms. The first-order valence-corrected chi connectivity index (χ1v) is 7.27. The van der Waals surface area contributed by atoms with Gasteiger partial charge in [0.2, 0.25) is 0 Å². The Balaban J connectivity index is 1.95. The molecule has 4 nitrogen and oxygen atoms in total. The summed E-state index contributed by atoms with van der Waals surface area (Å²) in [7, 11) is 0. The number of thiophene rings is 1. The Morgan fingerprint density at radius 3 is 2.70 bits per heavy atom. The van der Waals surface area contributed by atoms with Gasteiger partial charge in [0, 0.05) is 16.6 Å². The highest BCUT2D eigenvalue weighted by molar-refractivity contribution is 7.10. The predicted molar refractivity (Wildman–Crippen MR) is 81.8 cm³/mol. The molecule has 0 aliphatic carbocycles. The van der Waals surface area contributed by atoms with Crippen LogP contribution in [0.2, 0.25) is 0 Å². The zero-order valence-corrected chi connectivity index (χ0v) is 12.0. The molecule has 5 heteroatoms. The summed E-state index contributed by atoms with van der Waals surface area (Å²) in [5, 5.41) is 6.50. The van der Waals surface area contributed by atoms with Crippen molar-refractivity contribution in [1.82, 2.24) is 15.2 Å². The highest BCUT2D eigenvalue weighted by Crippen LogP contribution is 2.28. The summed E-state index contributed by atoms with van der Waals surface area (Å²) >= 11 is 1.70. The number of para-hydroxylation sites is 1. The number of hydrazine groups is 1. The van der Waals surface area contributed by atoms with E-state index < -0.39 is 0 Å². The molecule has 1 atom stereocenters. The lowest BCUT2D eigenvalue weighted by Crippen LogP contribution is -2.28. The zero-order chi connectivity index (χ0) is 13.9. The van der Waals surface area contributed by atoms with E-state index in [0.29, 0.717) is 0 Å². The van der Waals surface area contributed by atoms with E-state index in [1.54, 1.807) is 11.3 Å². The van der Waals surface area contributed by atoms with Gasteiger partial charge in [-0.1, -0.05) is 18.2 Å². The molecule has 3 rings (SSSR count). The van der Waals surface area contributed by atoms with Crippen LogP contribution < -0.4 is 11.3 Å². The van der Waals surface area contributed by atoms with Crippen LogP contribution in [0.5, 0.6) is 0 Å². The number of nitrogens with one attached hydrogen (secondary N) is 1. The molecule has 0 aliphatic heterocycles. The standard InChI is InChI=1S/C15H16N4S/c1-11-7-8-20-15(11)14(18-16)12-9-17-19(10-12)13-5-3-2-4-6-13/h2-10,14,18H,16H2,1H3. The third-order valence-electron chi connectivity index (χ3n) is 3.29. The molecule has 0 amide bonds. The summed E-state index contributed by atoms with van der Waals surface area (Å²) < 4.78 is 1.86. The summed E-state index contributed by atoms with van der Waals surface area (Å²) in [4.78, 5) is 1.22. The Hall–Kier alpha value is -1.95. The Morgan fingerprint density at radius 2 is 2.05 bits per heavy atom. The molecular weight excluding hydrogens is 268 g/mol. The molecule has 102 valence electrons. The molecule has 2 aromatic heterocycles. The second kappa shape index (κ2) is 5.58. The second-order valence-corrected chi connectivity index (χ2v) is 5.57. The average molecular weight is 284 g/mol. The molecule has 20 heavy (non-hydrogen) atoms. The minimum atomic E-state index is -0.0209. The second-order valence-electron chi connectivity index (χ2n) is 4.62. The van der Waals surface area contributed by atoms with Crippen LogP contribution in [-0.4, -0.2) is 9.78 Å². The lowest BCUT2D eigenvalue weighted by Gasteiger charge is -2.13. The van der Waals surface area contributed by atoms with Crippen LogP contribution in [0.1, 0.15) is 22.0 Å². The summed E-state index contributed by atoms with van der Waals surface area (Å²) in [5.41, 5.74) is 6.22. The van der Waals surface area contributed by atoms with E-state index in [2.05, 4.69) is 28.9 Å². The first kappa shape index (κ1) is 13.1. The van der Waals surface area contributed by atoms with Crippen molar-refractivity contribution >= 4 is 11.3 Å². The monoisotopic (exact) mass is 284 g/mol. The van der Waals surface area contributed by atoms with Crippen molar-refractivity contribution in [2.24, 2.45) is 5.84 Å². The predicted octanol–water partition coefficient (Wildman–Crippen LogP) is 2.79. The highest BCUT2D eigenvalue weighted by Gasteiger charge is 2.17. The number of aryl methyl sites for hydroxylation is 1. The van der Waals surface area contributed by atoms with Crippen LogP contribution in [0.25, 0.3) is 5.69 Å². The molecule has 0 spiro atoms. The molecule has 3 aromatic rings. The third-order valence-corrected chi connectivity index (χ3v) is 4.37. The fourth-order valence-electron chi connectivity index (χ4n) is 2.21. The summed E-state index contributed by atoms with van der Waals surface area (Å²) in [6.45, 7) is 2.10. The number of hydrogen-bond acceptors (Lipinski definition) is 4. The molecule has 1 aromatic carbocycles. The lowest BCUT2D eigenvalue weighted by atomic mass is 10.1. The topological polar surface area (TPSA) is 55.9 Å². The smallest absolute Gasteiger partial charge is 0.0835 e. The van der Waals surface area contributed by atoms with E-state index in [-0.39, 0.29) is 6.04 Å². The first-order chi connectivity index (χ1) is 9.79. The fourth-order valence-corrected chi connectivity index (χ4v) is 3.22. The van der Waals surface area contributed by atoms with Crippen LogP contribution in [0.15, 0.2) is 54.2 Å². The minimum absolute atomic E-state index is 0.0209. The fraction of sp³-hybridized carbons (Fsp3) is 0.133. The van der Waals surface area contributed by atoms with Crippen molar-refractivity contribution in [2.75, 3.05) is 0 Å². The van der Waals surface area contributed by atoms with Crippen LogP contribution in [0.4, 0.5) is 0 Å². The molecule has 0 fully saturated rings. The van der Waals surface area contributed by atoms with Gasteiger partial charge in [-0.05, 0) is 36.1 Å². The maximum atomic E-state index is 5.73. The first-order valence-electron chi connectivity index (χ1n) is 6.39. The molecule has 2 heterocycles. The van der Waals surface area contributed by atoms with Gasteiger partial charge < -0.3 is 0 Å². The van der Waals surface area contributed by atoms with Crippen molar-refractivity contribution in [1.29, 1.82) is 0 Å². The summed E-state index contributed by atoms with van der Waals surface area (Å²) in [6, 6.07) is 12.1. The SMILES string of the molecule is Cc1ccsc1C(NN)c1cnn(-c2ccccc2)c1. The average Bonchev–Trinajstić information content (AvgIpc) is 3.12. The zero-order valence-electron chi connectivity index (χ0n) is 11.2. The highest BCUT2D eigenvalue weighted by atomic mass is 32.1. The third kappa shape index (κ3) is 2.38. The van der Waals surface area contributed by atoms with Crippen LogP contribution in [-0.2, 0) is 0 Å². The Bertz CT molecular complexity index is 687. The van der Waals surface area contributed by atoms with E-state index in [4.69, 9.17) is 5.84 Å². The van der Waals surface area contributed by atoms with Gasteiger partial charge in [0.15, 0.2) is 0 Å². The normalized spacial score (nSPS) is 12.5. The van der Waals surface area contributed by atoms with Crippen LogP contribution in [0.3, 0.4) is 0 Å². The van der Waals surface area contributed by atoms with Crippen LogP contribution in [0, 0.1) is 6.92 Å². The van der Waals surface area contributed by atoms with E-state index in [1.165, 1.54) is 10.4 Å². The van der Waals surface area contributed by atoms with E-state index in [9.17, 15) is 0 Å².